The average molecular weight is 291 g/mol. The van der Waals surface area contributed by atoms with Crippen molar-refractivity contribution in [2.75, 3.05) is 6.54 Å². The van der Waals surface area contributed by atoms with Gasteiger partial charge in [-0.2, -0.15) is 0 Å². The lowest BCUT2D eigenvalue weighted by atomic mass is 9.73. The standard InChI is InChI=1S/C16H25N3O2/c1-12-6-5-9-17-13(12)10-18-15(21)19-11-16(2)8-4-3-7-14(16)20/h5-6,9,14,20H,3-4,7-8,10-11H2,1-2H3,(H2,18,19,21). The molecule has 5 heteroatoms. The van der Waals surface area contributed by atoms with E-state index in [9.17, 15) is 9.90 Å². The van der Waals surface area contributed by atoms with Crippen LogP contribution in [-0.4, -0.2) is 28.8 Å². The van der Waals surface area contributed by atoms with E-state index in [-0.39, 0.29) is 17.6 Å². The van der Waals surface area contributed by atoms with Crippen molar-refractivity contribution in [3.05, 3.63) is 29.6 Å². The minimum atomic E-state index is -0.329. The number of pyridine rings is 1. The highest BCUT2D eigenvalue weighted by molar-refractivity contribution is 5.73. The van der Waals surface area contributed by atoms with Gasteiger partial charge in [0.05, 0.1) is 18.3 Å². The van der Waals surface area contributed by atoms with E-state index in [2.05, 4.69) is 15.6 Å². The molecular formula is C16H25N3O2. The van der Waals surface area contributed by atoms with Crippen LogP contribution in [0.1, 0.15) is 43.9 Å². The van der Waals surface area contributed by atoms with Gasteiger partial charge in [0, 0.05) is 18.2 Å². The molecule has 1 heterocycles. The zero-order valence-electron chi connectivity index (χ0n) is 12.9. The lowest BCUT2D eigenvalue weighted by molar-refractivity contribution is 0.00308. The number of carbonyl (C=O) groups is 1. The molecule has 2 rings (SSSR count). The van der Waals surface area contributed by atoms with Gasteiger partial charge in [0.1, 0.15) is 0 Å². The first kappa shape index (κ1) is 15.8. The maximum atomic E-state index is 11.9. The monoisotopic (exact) mass is 291 g/mol. The molecule has 0 saturated heterocycles. The molecule has 2 amide bonds. The molecule has 1 fully saturated rings. The van der Waals surface area contributed by atoms with Crippen molar-refractivity contribution < 1.29 is 9.90 Å². The number of rotatable bonds is 4. The summed E-state index contributed by atoms with van der Waals surface area (Å²) in [6, 6.07) is 3.64. The number of nitrogens with one attached hydrogen (secondary N) is 2. The highest BCUT2D eigenvalue weighted by atomic mass is 16.3. The highest BCUT2D eigenvalue weighted by Crippen LogP contribution is 2.35. The lowest BCUT2D eigenvalue weighted by Gasteiger charge is -2.38. The van der Waals surface area contributed by atoms with E-state index >= 15 is 0 Å². The normalized spacial score (nSPS) is 25.4. The summed E-state index contributed by atoms with van der Waals surface area (Å²) in [6.45, 7) is 4.93. The Hall–Kier alpha value is -1.62. The maximum Gasteiger partial charge on any atom is 0.315 e. The Labute approximate surface area is 126 Å². The van der Waals surface area contributed by atoms with Gasteiger partial charge in [-0.25, -0.2) is 4.79 Å². The summed E-state index contributed by atoms with van der Waals surface area (Å²) in [5.41, 5.74) is 1.72. The number of carbonyl (C=O) groups excluding carboxylic acids is 1. The van der Waals surface area contributed by atoms with Crippen LogP contribution in [0, 0.1) is 12.3 Å². The van der Waals surface area contributed by atoms with Gasteiger partial charge >= 0.3 is 6.03 Å². The number of hydrogen-bond donors (Lipinski definition) is 3. The smallest absolute Gasteiger partial charge is 0.315 e. The maximum absolute atomic E-state index is 11.9. The molecule has 1 aromatic rings. The van der Waals surface area contributed by atoms with Crippen molar-refractivity contribution >= 4 is 6.03 Å². The quantitative estimate of drug-likeness (QED) is 0.795. The van der Waals surface area contributed by atoms with Crippen molar-refractivity contribution in [2.45, 2.75) is 52.2 Å². The second-order valence-electron chi connectivity index (χ2n) is 6.22. The summed E-state index contributed by atoms with van der Waals surface area (Å²) in [4.78, 5) is 16.1. The van der Waals surface area contributed by atoms with Gasteiger partial charge in [0.2, 0.25) is 0 Å². The average Bonchev–Trinajstić information content (AvgIpc) is 2.48. The molecule has 116 valence electrons. The van der Waals surface area contributed by atoms with Crippen molar-refractivity contribution in [1.82, 2.24) is 15.6 Å². The minimum absolute atomic E-state index is 0.209. The number of aromatic nitrogens is 1. The number of aliphatic hydroxyl groups excluding tert-OH is 1. The van der Waals surface area contributed by atoms with E-state index in [0.717, 1.165) is 36.9 Å². The van der Waals surface area contributed by atoms with Crippen LogP contribution in [0.15, 0.2) is 18.3 Å². The van der Waals surface area contributed by atoms with E-state index < -0.39 is 0 Å². The molecule has 0 bridgehead atoms. The minimum Gasteiger partial charge on any atom is -0.392 e. The van der Waals surface area contributed by atoms with Gasteiger partial charge in [-0.05, 0) is 31.4 Å². The highest BCUT2D eigenvalue weighted by Gasteiger charge is 2.35. The molecule has 21 heavy (non-hydrogen) atoms. The largest absolute Gasteiger partial charge is 0.392 e. The van der Waals surface area contributed by atoms with Gasteiger partial charge in [0.25, 0.3) is 0 Å². The zero-order valence-corrected chi connectivity index (χ0v) is 12.9. The van der Waals surface area contributed by atoms with E-state index in [1.54, 1.807) is 6.20 Å². The number of aliphatic hydroxyl groups is 1. The van der Waals surface area contributed by atoms with Crippen LogP contribution in [0.3, 0.4) is 0 Å². The summed E-state index contributed by atoms with van der Waals surface area (Å²) in [6.07, 6.45) is 5.36. The van der Waals surface area contributed by atoms with Gasteiger partial charge in [-0.1, -0.05) is 25.8 Å². The molecule has 0 aliphatic heterocycles. The van der Waals surface area contributed by atoms with Crippen molar-refractivity contribution in [1.29, 1.82) is 0 Å². The third-order valence-corrected chi connectivity index (χ3v) is 4.47. The Morgan fingerprint density at radius 3 is 3.00 bits per heavy atom. The van der Waals surface area contributed by atoms with E-state index in [1.165, 1.54) is 0 Å². The van der Waals surface area contributed by atoms with E-state index in [0.29, 0.717) is 13.1 Å². The fourth-order valence-electron chi connectivity index (χ4n) is 2.80. The first-order valence-corrected chi connectivity index (χ1v) is 7.61. The van der Waals surface area contributed by atoms with Gasteiger partial charge < -0.3 is 15.7 Å². The molecule has 1 aromatic heterocycles. The van der Waals surface area contributed by atoms with Crippen molar-refractivity contribution in [3.63, 3.8) is 0 Å². The summed E-state index contributed by atoms with van der Waals surface area (Å²) < 4.78 is 0. The Balaban J connectivity index is 1.78. The predicted octanol–water partition coefficient (Wildman–Crippen LogP) is 2.13. The second-order valence-corrected chi connectivity index (χ2v) is 6.22. The summed E-state index contributed by atoms with van der Waals surface area (Å²) in [5, 5.41) is 15.8. The van der Waals surface area contributed by atoms with Crippen LogP contribution in [-0.2, 0) is 6.54 Å². The molecule has 0 aromatic carbocycles. The van der Waals surface area contributed by atoms with Crippen molar-refractivity contribution in [2.24, 2.45) is 5.41 Å². The molecule has 5 nitrogen and oxygen atoms in total. The third kappa shape index (κ3) is 4.17. The van der Waals surface area contributed by atoms with Gasteiger partial charge in [0.15, 0.2) is 0 Å². The number of nitrogens with zero attached hydrogens (tertiary/aromatic N) is 1. The Kier molecular flexibility index (Phi) is 5.17. The van der Waals surface area contributed by atoms with Crippen LogP contribution in [0.4, 0.5) is 4.79 Å². The molecule has 1 saturated carbocycles. The SMILES string of the molecule is Cc1cccnc1CNC(=O)NCC1(C)CCCCC1O. The molecule has 2 atom stereocenters. The molecule has 3 N–H and O–H groups in total. The fraction of sp³-hybridized carbons (Fsp3) is 0.625. The zero-order chi connectivity index (χ0) is 15.3. The van der Waals surface area contributed by atoms with Crippen LogP contribution in [0.25, 0.3) is 0 Å². The number of hydrogen-bond acceptors (Lipinski definition) is 3. The topological polar surface area (TPSA) is 74.2 Å². The first-order valence-electron chi connectivity index (χ1n) is 7.61. The van der Waals surface area contributed by atoms with Crippen LogP contribution in [0.5, 0.6) is 0 Å². The number of amides is 2. The number of urea groups is 1. The molecular weight excluding hydrogens is 266 g/mol. The number of aryl methyl sites for hydroxylation is 1. The first-order chi connectivity index (χ1) is 10.0. The molecule has 0 spiro atoms. The van der Waals surface area contributed by atoms with E-state index in [4.69, 9.17) is 0 Å². The second kappa shape index (κ2) is 6.89. The predicted molar refractivity (Wildman–Crippen MR) is 81.8 cm³/mol. The Morgan fingerprint density at radius 2 is 2.29 bits per heavy atom. The molecule has 1 aliphatic rings. The molecule has 0 radical (unpaired) electrons. The Morgan fingerprint density at radius 1 is 1.48 bits per heavy atom. The van der Waals surface area contributed by atoms with E-state index in [1.807, 2.05) is 26.0 Å². The lowest BCUT2D eigenvalue weighted by Crippen LogP contribution is -2.47. The van der Waals surface area contributed by atoms with Crippen LogP contribution in [0.2, 0.25) is 0 Å². The van der Waals surface area contributed by atoms with Crippen LogP contribution >= 0.6 is 0 Å². The molecule has 2 unspecified atom stereocenters. The Bertz CT molecular complexity index is 492. The van der Waals surface area contributed by atoms with Crippen LogP contribution < -0.4 is 10.6 Å². The third-order valence-electron chi connectivity index (χ3n) is 4.47. The summed E-state index contributed by atoms with van der Waals surface area (Å²) in [7, 11) is 0. The van der Waals surface area contributed by atoms with Crippen molar-refractivity contribution in [3.8, 4) is 0 Å². The van der Waals surface area contributed by atoms with Gasteiger partial charge in [-0.3, -0.25) is 4.98 Å². The molecule has 1 aliphatic carbocycles. The summed E-state index contributed by atoms with van der Waals surface area (Å²) >= 11 is 0. The summed E-state index contributed by atoms with van der Waals surface area (Å²) in [5.74, 6) is 0. The van der Waals surface area contributed by atoms with Gasteiger partial charge in [-0.15, -0.1) is 0 Å². The fourth-order valence-corrected chi connectivity index (χ4v) is 2.80.